The highest BCUT2D eigenvalue weighted by molar-refractivity contribution is 5.21. The summed E-state index contributed by atoms with van der Waals surface area (Å²) in [5.41, 5.74) is -0.795. The fourth-order valence-corrected chi connectivity index (χ4v) is 3.33. The first-order valence-electron chi connectivity index (χ1n) is 8.81. The van der Waals surface area contributed by atoms with E-state index < -0.39 is 5.60 Å². The Hall–Kier alpha value is -1.85. The van der Waals surface area contributed by atoms with Crippen molar-refractivity contribution in [2.75, 3.05) is 19.7 Å². The number of aromatic nitrogens is 2. The van der Waals surface area contributed by atoms with Crippen LogP contribution in [0.3, 0.4) is 0 Å². The number of benzene rings is 1. The molecular formula is C19H27N3O2. The Morgan fingerprint density at radius 3 is 2.92 bits per heavy atom. The number of rotatable bonds is 7. The molecule has 0 amide bonds. The van der Waals surface area contributed by atoms with Crippen LogP contribution in [0.1, 0.15) is 32.0 Å². The first kappa shape index (κ1) is 17.0. The molecule has 1 aliphatic heterocycles. The van der Waals surface area contributed by atoms with Gasteiger partial charge in [0.2, 0.25) is 0 Å². The molecule has 2 heterocycles. The zero-order valence-corrected chi connectivity index (χ0v) is 14.4. The number of nitrogens with zero attached hydrogens (tertiary/aromatic N) is 3. The van der Waals surface area contributed by atoms with Crippen molar-refractivity contribution in [1.82, 2.24) is 14.5 Å². The van der Waals surface area contributed by atoms with Gasteiger partial charge < -0.3 is 14.4 Å². The number of imidazole rings is 1. The highest BCUT2D eigenvalue weighted by Crippen LogP contribution is 2.24. The van der Waals surface area contributed by atoms with Crippen molar-refractivity contribution in [3.63, 3.8) is 0 Å². The molecule has 1 fully saturated rings. The van der Waals surface area contributed by atoms with Gasteiger partial charge in [-0.05, 0) is 37.9 Å². The third-order valence-electron chi connectivity index (χ3n) is 4.52. The van der Waals surface area contributed by atoms with Crippen molar-refractivity contribution < 1.29 is 9.84 Å². The Bertz CT molecular complexity index is 629. The summed E-state index contributed by atoms with van der Waals surface area (Å²) in [5, 5.41) is 10.9. The normalized spacial score (nSPS) is 21.8. The zero-order chi connectivity index (χ0) is 16.8. The van der Waals surface area contributed by atoms with Crippen molar-refractivity contribution in [2.24, 2.45) is 0 Å². The molecule has 0 aliphatic carbocycles. The number of ether oxygens (including phenoxy) is 1. The Kier molecular flexibility index (Phi) is 5.53. The summed E-state index contributed by atoms with van der Waals surface area (Å²) in [7, 11) is 0. The average molecular weight is 329 g/mol. The fraction of sp³-hybridized carbons (Fsp3) is 0.526. The van der Waals surface area contributed by atoms with E-state index in [4.69, 9.17) is 4.74 Å². The summed E-state index contributed by atoms with van der Waals surface area (Å²) in [4.78, 5) is 6.76. The molecule has 1 saturated heterocycles. The molecule has 1 N–H and O–H groups in total. The van der Waals surface area contributed by atoms with Gasteiger partial charge in [0.25, 0.3) is 0 Å². The van der Waals surface area contributed by atoms with Gasteiger partial charge in [0, 0.05) is 25.5 Å². The van der Waals surface area contributed by atoms with Crippen LogP contribution in [-0.2, 0) is 13.1 Å². The SMILES string of the molecule is CCCn1ccnc1CN1CCC[C@](O)(COc2ccccc2)C1. The van der Waals surface area contributed by atoms with E-state index >= 15 is 0 Å². The van der Waals surface area contributed by atoms with Gasteiger partial charge in [0.15, 0.2) is 0 Å². The highest BCUT2D eigenvalue weighted by Gasteiger charge is 2.34. The van der Waals surface area contributed by atoms with Gasteiger partial charge in [0.05, 0.1) is 6.54 Å². The van der Waals surface area contributed by atoms with Crippen LogP contribution in [0.25, 0.3) is 0 Å². The molecule has 0 radical (unpaired) electrons. The molecule has 3 rings (SSSR count). The molecule has 130 valence electrons. The topological polar surface area (TPSA) is 50.5 Å². The average Bonchev–Trinajstić information content (AvgIpc) is 3.02. The lowest BCUT2D eigenvalue weighted by Crippen LogP contribution is -2.51. The van der Waals surface area contributed by atoms with Gasteiger partial charge in [-0.15, -0.1) is 0 Å². The lowest BCUT2D eigenvalue weighted by Gasteiger charge is -2.38. The third-order valence-corrected chi connectivity index (χ3v) is 4.52. The standard InChI is InChI=1S/C19H27N3O2/c1-2-11-22-13-10-20-18(22)14-21-12-6-9-19(23,15-21)16-24-17-7-4-3-5-8-17/h3-5,7-8,10,13,23H,2,6,9,11-12,14-16H2,1H3/t19-/m1/s1. The summed E-state index contributed by atoms with van der Waals surface area (Å²) in [6.45, 7) is 5.89. The van der Waals surface area contributed by atoms with Gasteiger partial charge >= 0.3 is 0 Å². The maximum atomic E-state index is 10.9. The maximum Gasteiger partial charge on any atom is 0.122 e. The second-order valence-corrected chi connectivity index (χ2v) is 6.68. The van der Waals surface area contributed by atoms with Crippen LogP contribution >= 0.6 is 0 Å². The summed E-state index contributed by atoms with van der Waals surface area (Å²) >= 11 is 0. The van der Waals surface area contributed by atoms with E-state index in [-0.39, 0.29) is 0 Å². The summed E-state index contributed by atoms with van der Waals surface area (Å²) in [6.07, 6.45) is 6.74. The van der Waals surface area contributed by atoms with E-state index in [0.717, 1.165) is 50.5 Å². The number of likely N-dealkylation sites (tertiary alicyclic amines) is 1. The molecule has 24 heavy (non-hydrogen) atoms. The Balaban J connectivity index is 1.57. The third kappa shape index (κ3) is 4.36. The minimum absolute atomic E-state index is 0.330. The molecule has 0 saturated carbocycles. The molecule has 1 aromatic carbocycles. The summed E-state index contributed by atoms with van der Waals surface area (Å²) < 4.78 is 8.00. The Labute approximate surface area is 143 Å². The van der Waals surface area contributed by atoms with Crippen LogP contribution in [0, 0.1) is 0 Å². The Morgan fingerprint density at radius 1 is 1.29 bits per heavy atom. The zero-order valence-electron chi connectivity index (χ0n) is 14.4. The minimum Gasteiger partial charge on any atom is -0.491 e. The largest absolute Gasteiger partial charge is 0.491 e. The van der Waals surface area contributed by atoms with Crippen LogP contribution in [-0.4, -0.2) is 44.9 Å². The number of aliphatic hydroxyl groups is 1. The van der Waals surface area contributed by atoms with Crippen LogP contribution in [0.5, 0.6) is 5.75 Å². The molecule has 1 atom stereocenters. The van der Waals surface area contributed by atoms with Gasteiger partial charge in [-0.3, -0.25) is 4.90 Å². The highest BCUT2D eigenvalue weighted by atomic mass is 16.5. The summed E-state index contributed by atoms with van der Waals surface area (Å²) in [6, 6.07) is 9.69. The molecule has 0 bridgehead atoms. The monoisotopic (exact) mass is 329 g/mol. The molecule has 0 unspecified atom stereocenters. The van der Waals surface area contributed by atoms with Crippen molar-refractivity contribution in [1.29, 1.82) is 0 Å². The molecular weight excluding hydrogens is 302 g/mol. The fourth-order valence-electron chi connectivity index (χ4n) is 3.33. The van der Waals surface area contributed by atoms with Gasteiger partial charge in [-0.2, -0.15) is 0 Å². The van der Waals surface area contributed by atoms with E-state index in [2.05, 4.69) is 21.4 Å². The van der Waals surface area contributed by atoms with Crippen LogP contribution < -0.4 is 4.74 Å². The van der Waals surface area contributed by atoms with Crippen molar-refractivity contribution in [3.05, 3.63) is 48.5 Å². The van der Waals surface area contributed by atoms with Crippen molar-refractivity contribution in [2.45, 2.75) is 44.9 Å². The second kappa shape index (κ2) is 7.81. The number of β-amino-alcohol motifs (C(OH)–C–C–N with tert-alkyl or cyclic N) is 1. The Morgan fingerprint density at radius 2 is 2.12 bits per heavy atom. The van der Waals surface area contributed by atoms with E-state index in [9.17, 15) is 5.11 Å². The second-order valence-electron chi connectivity index (χ2n) is 6.68. The van der Waals surface area contributed by atoms with Crippen molar-refractivity contribution in [3.8, 4) is 5.75 Å². The van der Waals surface area contributed by atoms with E-state index in [1.807, 2.05) is 42.7 Å². The first-order valence-corrected chi connectivity index (χ1v) is 8.81. The van der Waals surface area contributed by atoms with Crippen LogP contribution in [0.2, 0.25) is 0 Å². The maximum absolute atomic E-state index is 10.9. The van der Waals surface area contributed by atoms with E-state index in [0.29, 0.717) is 13.2 Å². The number of hydrogen-bond acceptors (Lipinski definition) is 4. The van der Waals surface area contributed by atoms with Gasteiger partial charge in [0.1, 0.15) is 23.8 Å². The molecule has 5 heteroatoms. The number of hydrogen-bond donors (Lipinski definition) is 1. The molecule has 5 nitrogen and oxygen atoms in total. The predicted molar refractivity (Wildman–Crippen MR) is 93.9 cm³/mol. The minimum atomic E-state index is -0.795. The molecule has 1 aliphatic rings. The summed E-state index contributed by atoms with van der Waals surface area (Å²) in [5.74, 6) is 1.88. The number of para-hydroxylation sites is 1. The van der Waals surface area contributed by atoms with Gasteiger partial charge in [-0.25, -0.2) is 4.98 Å². The smallest absolute Gasteiger partial charge is 0.122 e. The number of piperidine rings is 1. The lowest BCUT2D eigenvalue weighted by molar-refractivity contribution is -0.0627. The molecule has 0 spiro atoms. The van der Waals surface area contributed by atoms with Crippen LogP contribution in [0.15, 0.2) is 42.7 Å². The lowest BCUT2D eigenvalue weighted by atomic mass is 9.93. The molecule has 2 aromatic rings. The molecule has 1 aromatic heterocycles. The van der Waals surface area contributed by atoms with E-state index in [1.54, 1.807) is 0 Å². The van der Waals surface area contributed by atoms with Gasteiger partial charge in [-0.1, -0.05) is 25.1 Å². The van der Waals surface area contributed by atoms with E-state index in [1.165, 1.54) is 0 Å². The number of aryl methyl sites for hydroxylation is 1. The predicted octanol–water partition coefficient (Wildman–Crippen LogP) is 2.70. The first-order chi connectivity index (χ1) is 11.7. The van der Waals surface area contributed by atoms with Crippen LogP contribution in [0.4, 0.5) is 0 Å². The van der Waals surface area contributed by atoms with Crippen molar-refractivity contribution >= 4 is 0 Å². The quantitative estimate of drug-likeness (QED) is 0.848.